The number of carbonyl (C=O) groups excluding carboxylic acids is 1. The lowest BCUT2D eigenvalue weighted by Gasteiger charge is -2.06. The fourth-order valence-electron chi connectivity index (χ4n) is 2.12. The summed E-state index contributed by atoms with van der Waals surface area (Å²) in [6.07, 6.45) is 3.90. The average molecular weight is 292 g/mol. The molecule has 0 fully saturated rings. The zero-order valence-electron chi connectivity index (χ0n) is 12.2. The molecular formula is C17H16N4O. The zero-order chi connectivity index (χ0) is 15.4. The lowest BCUT2D eigenvalue weighted by atomic mass is 10.1. The Morgan fingerprint density at radius 1 is 1.14 bits per heavy atom. The van der Waals surface area contributed by atoms with Crippen LogP contribution >= 0.6 is 0 Å². The molecule has 1 amide bonds. The number of nitrogens with one attached hydrogen (secondary N) is 1. The molecule has 0 saturated carbocycles. The summed E-state index contributed by atoms with van der Waals surface area (Å²) in [5.41, 5.74) is 2.78. The molecule has 2 heterocycles. The van der Waals surface area contributed by atoms with E-state index in [0.717, 1.165) is 16.9 Å². The molecule has 1 N–H and O–H groups in total. The summed E-state index contributed by atoms with van der Waals surface area (Å²) in [6, 6.07) is 15.2. The number of nitrogens with zero attached hydrogens (tertiary/aromatic N) is 3. The van der Waals surface area contributed by atoms with Crippen molar-refractivity contribution >= 4 is 11.7 Å². The molecule has 1 aromatic carbocycles. The summed E-state index contributed by atoms with van der Waals surface area (Å²) in [6.45, 7) is 1.93. The summed E-state index contributed by atoms with van der Waals surface area (Å²) in [5.74, 6) is 0.454. The smallest absolute Gasteiger partial charge is 0.229 e. The van der Waals surface area contributed by atoms with Crippen LogP contribution in [0, 0.1) is 6.92 Å². The van der Waals surface area contributed by atoms with Crippen molar-refractivity contribution in [1.82, 2.24) is 14.8 Å². The number of hydrogen-bond donors (Lipinski definition) is 1. The Morgan fingerprint density at radius 3 is 2.59 bits per heavy atom. The Bertz CT molecular complexity index is 763. The fraction of sp³-hybridized carbons (Fsp3) is 0.118. The van der Waals surface area contributed by atoms with Crippen molar-refractivity contribution in [3.63, 3.8) is 0 Å². The fourth-order valence-corrected chi connectivity index (χ4v) is 2.12. The van der Waals surface area contributed by atoms with Gasteiger partial charge in [-0.05, 0) is 30.7 Å². The first-order chi connectivity index (χ1) is 10.7. The molecule has 0 unspecified atom stereocenters. The first-order valence-corrected chi connectivity index (χ1v) is 7.03. The Balaban J connectivity index is 1.65. The zero-order valence-corrected chi connectivity index (χ0v) is 12.2. The first kappa shape index (κ1) is 14.0. The van der Waals surface area contributed by atoms with E-state index in [-0.39, 0.29) is 5.91 Å². The van der Waals surface area contributed by atoms with Crippen LogP contribution in [-0.2, 0) is 11.2 Å². The van der Waals surface area contributed by atoms with Gasteiger partial charge in [0.05, 0.1) is 24.0 Å². The number of anilines is 1. The lowest BCUT2D eigenvalue weighted by Crippen LogP contribution is -2.15. The highest BCUT2D eigenvalue weighted by atomic mass is 16.1. The molecule has 22 heavy (non-hydrogen) atoms. The second-order valence-corrected chi connectivity index (χ2v) is 5.01. The maximum Gasteiger partial charge on any atom is 0.229 e. The number of pyridine rings is 1. The number of rotatable bonds is 4. The van der Waals surface area contributed by atoms with Crippen molar-refractivity contribution < 1.29 is 4.79 Å². The van der Waals surface area contributed by atoms with Crippen LogP contribution in [0.1, 0.15) is 11.3 Å². The van der Waals surface area contributed by atoms with Crippen LogP contribution in [0.25, 0.3) is 5.69 Å². The van der Waals surface area contributed by atoms with E-state index in [2.05, 4.69) is 15.4 Å². The van der Waals surface area contributed by atoms with Crippen molar-refractivity contribution in [2.45, 2.75) is 13.3 Å². The van der Waals surface area contributed by atoms with Crippen molar-refractivity contribution in [3.8, 4) is 5.69 Å². The van der Waals surface area contributed by atoms with E-state index < -0.39 is 0 Å². The minimum atomic E-state index is -0.0821. The third-order valence-corrected chi connectivity index (χ3v) is 3.21. The molecule has 0 saturated heterocycles. The first-order valence-electron chi connectivity index (χ1n) is 7.03. The van der Waals surface area contributed by atoms with E-state index in [9.17, 15) is 4.79 Å². The van der Waals surface area contributed by atoms with E-state index in [1.54, 1.807) is 16.9 Å². The molecule has 3 aromatic rings. The second-order valence-electron chi connectivity index (χ2n) is 5.01. The predicted molar refractivity (Wildman–Crippen MR) is 84.9 cm³/mol. The minimum absolute atomic E-state index is 0.0821. The molecule has 5 heteroatoms. The molecule has 5 nitrogen and oxygen atoms in total. The highest BCUT2D eigenvalue weighted by Gasteiger charge is 2.05. The van der Waals surface area contributed by atoms with Gasteiger partial charge in [-0.2, -0.15) is 5.10 Å². The number of benzene rings is 1. The molecule has 0 aliphatic rings. The van der Waals surface area contributed by atoms with E-state index in [4.69, 9.17) is 0 Å². The van der Waals surface area contributed by atoms with Gasteiger partial charge in [0.15, 0.2) is 0 Å². The number of amides is 1. The van der Waals surface area contributed by atoms with Gasteiger partial charge >= 0.3 is 0 Å². The largest absolute Gasteiger partial charge is 0.310 e. The number of aryl methyl sites for hydroxylation is 1. The Labute approximate surface area is 128 Å². The standard InChI is InChI=1S/C17H16N4O/c1-13-9-10-21(20-13)15-7-8-16(18-12-15)19-17(22)11-14-5-3-2-4-6-14/h2-10,12H,11H2,1H3,(H,18,19,22). The third-order valence-electron chi connectivity index (χ3n) is 3.21. The molecule has 3 rings (SSSR count). The predicted octanol–water partition coefficient (Wildman–Crippen LogP) is 2.76. The summed E-state index contributed by atoms with van der Waals surface area (Å²) in [5, 5.41) is 7.11. The third kappa shape index (κ3) is 3.38. The van der Waals surface area contributed by atoms with Gasteiger partial charge in [0.1, 0.15) is 5.82 Å². The van der Waals surface area contributed by atoms with Gasteiger partial charge < -0.3 is 5.32 Å². The number of aromatic nitrogens is 3. The van der Waals surface area contributed by atoms with Gasteiger partial charge in [-0.15, -0.1) is 0 Å². The normalized spacial score (nSPS) is 10.4. The van der Waals surface area contributed by atoms with Gasteiger partial charge in [-0.1, -0.05) is 30.3 Å². The van der Waals surface area contributed by atoms with Crippen molar-refractivity contribution in [1.29, 1.82) is 0 Å². The SMILES string of the molecule is Cc1ccn(-c2ccc(NC(=O)Cc3ccccc3)nc2)n1. The Kier molecular flexibility index (Phi) is 3.96. The van der Waals surface area contributed by atoms with Crippen LogP contribution in [0.4, 0.5) is 5.82 Å². The van der Waals surface area contributed by atoms with Crippen LogP contribution in [-0.4, -0.2) is 20.7 Å². The molecular weight excluding hydrogens is 276 g/mol. The second kappa shape index (κ2) is 6.22. The molecule has 0 radical (unpaired) electrons. The maximum absolute atomic E-state index is 12.0. The summed E-state index contributed by atoms with van der Waals surface area (Å²) in [7, 11) is 0. The van der Waals surface area contributed by atoms with E-state index in [0.29, 0.717) is 12.2 Å². The topological polar surface area (TPSA) is 59.8 Å². The molecule has 0 spiro atoms. The van der Waals surface area contributed by atoms with Crippen LogP contribution in [0.5, 0.6) is 0 Å². The molecule has 0 aliphatic heterocycles. The maximum atomic E-state index is 12.0. The van der Waals surface area contributed by atoms with Gasteiger partial charge in [-0.25, -0.2) is 9.67 Å². The van der Waals surface area contributed by atoms with Gasteiger partial charge in [0.25, 0.3) is 0 Å². The van der Waals surface area contributed by atoms with E-state index >= 15 is 0 Å². The van der Waals surface area contributed by atoms with Crippen LogP contribution < -0.4 is 5.32 Å². The molecule has 0 atom stereocenters. The van der Waals surface area contributed by atoms with Gasteiger partial charge in [0, 0.05) is 6.20 Å². The Hall–Kier alpha value is -2.95. The molecule has 110 valence electrons. The van der Waals surface area contributed by atoms with Gasteiger partial charge in [-0.3, -0.25) is 4.79 Å². The molecule has 0 aliphatic carbocycles. The van der Waals surface area contributed by atoms with Crippen LogP contribution in [0.15, 0.2) is 60.9 Å². The summed E-state index contributed by atoms with van der Waals surface area (Å²) in [4.78, 5) is 16.2. The van der Waals surface area contributed by atoms with Crippen molar-refractivity contribution in [2.24, 2.45) is 0 Å². The van der Waals surface area contributed by atoms with Crippen molar-refractivity contribution in [2.75, 3.05) is 5.32 Å². The highest BCUT2D eigenvalue weighted by molar-refractivity contribution is 5.91. The molecule has 2 aromatic heterocycles. The van der Waals surface area contributed by atoms with E-state index in [1.807, 2.05) is 55.6 Å². The Morgan fingerprint density at radius 2 is 1.95 bits per heavy atom. The lowest BCUT2D eigenvalue weighted by molar-refractivity contribution is -0.115. The van der Waals surface area contributed by atoms with E-state index in [1.165, 1.54) is 0 Å². The minimum Gasteiger partial charge on any atom is -0.310 e. The monoisotopic (exact) mass is 292 g/mol. The highest BCUT2D eigenvalue weighted by Crippen LogP contribution is 2.10. The number of carbonyl (C=O) groups is 1. The number of hydrogen-bond acceptors (Lipinski definition) is 3. The quantitative estimate of drug-likeness (QED) is 0.804. The summed E-state index contributed by atoms with van der Waals surface area (Å²) < 4.78 is 1.75. The van der Waals surface area contributed by atoms with Gasteiger partial charge in [0.2, 0.25) is 5.91 Å². The average Bonchev–Trinajstić information content (AvgIpc) is 2.95. The summed E-state index contributed by atoms with van der Waals surface area (Å²) >= 11 is 0. The van der Waals surface area contributed by atoms with Crippen LogP contribution in [0.2, 0.25) is 0 Å². The van der Waals surface area contributed by atoms with Crippen LogP contribution in [0.3, 0.4) is 0 Å². The van der Waals surface area contributed by atoms with Crippen molar-refractivity contribution in [3.05, 3.63) is 72.2 Å². The molecule has 0 bridgehead atoms.